The van der Waals surface area contributed by atoms with Crippen LogP contribution in [0.2, 0.25) is 5.02 Å². The summed E-state index contributed by atoms with van der Waals surface area (Å²) in [5.74, 6) is -0.497. The topological polar surface area (TPSA) is 67.3 Å². The molecule has 1 aliphatic heterocycles. The number of anilines is 1. The van der Waals surface area contributed by atoms with Gasteiger partial charge in [-0.25, -0.2) is 0 Å². The van der Waals surface area contributed by atoms with Crippen LogP contribution in [0, 0.1) is 0 Å². The summed E-state index contributed by atoms with van der Waals surface area (Å²) in [4.78, 5) is 16.7. The SMILES string of the molecule is O=C1CC(S(=O)(=O)F)CN1c1cncc(Br)c1Cl. The fourth-order valence-corrected chi connectivity index (χ4v) is 2.88. The van der Waals surface area contributed by atoms with Crippen molar-refractivity contribution in [3.63, 3.8) is 0 Å². The second kappa shape index (κ2) is 4.75. The smallest absolute Gasteiger partial charge is 0.307 e. The Bertz CT molecular complexity index is 610. The second-order valence-corrected chi connectivity index (χ2v) is 6.61. The van der Waals surface area contributed by atoms with Gasteiger partial charge >= 0.3 is 10.2 Å². The first kappa shape index (κ1) is 13.7. The third-order valence-electron chi connectivity index (χ3n) is 2.60. The normalized spacial score (nSPS) is 20.5. The Kier molecular flexibility index (Phi) is 3.61. The molecule has 98 valence electrons. The van der Waals surface area contributed by atoms with E-state index in [9.17, 15) is 17.1 Å². The maximum Gasteiger partial charge on any atom is 0.307 e. The number of rotatable bonds is 2. The molecule has 1 saturated heterocycles. The fourth-order valence-electron chi connectivity index (χ4n) is 1.69. The average Bonchev–Trinajstić information content (AvgIpc) is 2.64. The maximum absolute atomic E-state index is 12.9. The minimum Gasteiger partial charge on any atom is -0.308 e. The molecular weight excluding hydrogens is 351 g/mol. The van der Waals surface area contributed by atoms with Gasteiger partial charge in [-0.3, -0.25) is 9.78 Å². The molecule has 2 heterocycles. The highest BCUT2D eigenvalue weighted by molar-refractivity contribution is 9.10. The Morgan fingerprint density at radius 2 is 2.17 bits per heavy atom. The van der Waals surface area contributed by atoms with Gasteiger partial charge in [0.05, 0.1) is 21.4 Å². The predicted molar refractivity (Wildman–Crippen MR) is 67.7 cm³/mol. The molecule has 1 unspecified atom stereocenters. The van der Waals surface area contributed by atoms with E-state index in [1.165, 1.54) is 12.4 Å². The van der Waals surface area contributed by atoms with E-state index < -0.39 is 21.4 Å². The van der Waals surface area contributed by atoms with Gasteiger partial charge in [-0.05, 0) is 15.9 Å². The third-order valence-corrected chi connectivity index (χ3v) is 4.94. The molecule has 1 fully saturated rings. The largest absolute Gasteiger partial charge is 0.308 e. The molecule has 0 spiro atoms. The van der Waals surface area contributed by atoms with Crippen LogP contribution in [-0.4, -0.2) is 31.1 Å². The number of aromatic nitrogens is 1. The summed E-state index contributed by atoms with van der Waals surface area (Å²) in [7, 11) is -4.74. The van der Waals surface area contributed by atoms with Gasteiger partial charge in [0.2, 0.25) is 5.91 Å². The van der Waals surface area contributed by atoms with Crippen LogP contribution in [0.4, 0.5) is 9.57 Å². The molecule has 0 aromatic carbocycles. The molecule has 0 bridgehead atoms. The van der Waals surface area contributed by atoms with Crippen molar-refractivity contribution in [2.45, 2.75) is 11.7 Å². The van der Waals surface area contributed by atoms with Crippen LogP contribution in [0.5, 0.6) is 0 Å². The van der Waals surface area contributed by atoms with Crippen molar-refractivity contribution in [2.75, 3.05) is 11.4 Å². The quantitative estimate of drug-likeness (QED) is 0.758. The lowest BCUT2D eigenvalue weighted by atomic mass is 10.4. The van der Waals surface area contributed by atoms with Gasteiger partial charge in [-0.15, -0.1) is 3.89 Å². The van der Waals surface area contributed by atoms with E-state index in [4.69, 9.17) is 11.6 Å². The van der Waals surface area contributed by atoms with Gasteiger partial charge in [-0.2, -0.15) is 8.42 Å². The van der Waals surface area contributed by atoms with Crippen molar-refractivity contribution >= 4 is 49.3 Å². The van der Waals surface area contributed by atoms with E-state index >= 15 is 0 Å². The number of amides is 1. The number of carbonyl (C=O) groups excluding carboxylic acids is 1. The van der Waals surface area contributed by atoms with Crippen molar-refractivity contribution in [1.82, 2.24) is 4.98 Å². The zero-order valence-corrected chi connectivity index (χ0v) is 12.0. The molecule has 18 heavy (non-hydrogen) atoms. The van der Waals surface area contributed by atoms with Gasteiger partial charge in [0.25, 0.3) is 0 Å². The van der Waals surface area contributed by atoms with Gasteiger partial charge in [-0.1, -0.05) is 11.6 Å². The zero-order valence-electron chi connectivity index (χ0n) is 8.81. The number of halogens is 3. The number of carbonyl (C=O) groups is 1. The van der Waals surface area contributed by atoms with E-state index in [0.29, 0.717) is 4.47 Å². The average molecular weight is 358 g/mol. The highest BCUT2D eigenvalue weighted by Crippen LogP contribution is 2.34. The second-order valence-electron chi connectivity index (χ2n) is 3.76. The molecule has 1 amide bonds. The van der Waals surface area contributed by atoms with E-state index in [1.807, 2.05) is 0 Å². The maximum atomic E-state index is 12.9. The predicted octanol–water partition coefficient (Wildman–Crippen LogP) is 1.90. The summed E-state index contributed by atoms with van der Waals surface area (Å²) in [6.45, 7) is -0.254. The summed E-state index contributed by atoms with van der Waals surface area (Å²) in [5, 5.41) is -1.12. The standard InChI is InChI=1S/C9H7BrClFN2O3S/c10-6-2-13-3-7(9(6)11)14-4-5(1-8(14)15)18(12,16)17/h2-3,5H,1,4H2. The zero-order chi connectivity index (χ0) is 13.5. The summed E-state index contributed by atoms with van der Waals surface area (Å²) in [6, 6.07) is 0. The Hall–Kier alpha value is -0.730. The van der Waals surface area contributed by atoms with E-state index in [-0.39, 0.29) is 23.7 Å². The van der Waals surface area contributed by atoms with Crippen molar-refractivity contribution in [2.24, 2.45) is 0 Å². The Morgan fingerprint density at radius 3 is 2.72 bits per heavy atom. The first-order chi connectivity index (χ1) is 8.30. The van der Waals surface area contributed by atoms with Crippen LogP contribution in [0.3, 0.4) is 0 Å². The van der Waals surface area contributed by atoms with Crippen molar-refractivity contribution in [3.8, 4) is 0 Å². The highest BCUT2D eigenvalue weighted by Gasteiger charge is 2.39. The Balaban J connectivity index is 2.36. The monoisotopic (exact) mass is 356 g/mol. The molecule has 9 heteroatoms. The molecule has 0 radical (unpaired) electrons. The number of pyridine rings is 1. The number of hydrogen-bond acceptors (Lipinski definition) is 4. The Morgan fingerprint density at radius 1 is 1.50 bits per heavy atom. The van der Waals surface area contributed by atoms with Crippen molar-refractivity contribution in [3.05, 3.63) is 21.9 Å². The van der Waals surface area contributed by atoms with Crippen LogP contribution < -0.4 is 4.90 Å². The minimum absolute atomic E-state index is 0.232. The van der Waals surface area contributed by atoms with E-state index in [1.54, 1.807) is 0 Å². The first-order valence-corrected chi connectivity index (χ1v) is 7.45. The Labute approximate surface area is 116 Å². The van der Waals surface area contributed by atoms with Crippen LogP contribution in [0.15, 0.2) is 16.9 Å². The molecule has 0 N–H and O–H groups in total. The molecule has 2 rings (SSSR count). The summed E-state index contributed by atoms with van der Waals surface area (Å²) < 4.78 is 35.0. The van der Waals surface area contributed by atoms with Gasteiger partial charge in [0, 0.05) is 19.2 Å². The molecule has 1 aromatic heterocycles. The third kappa shape index (κ3) is 2.50. The summed E-state index contributed by atoms with van der Waals surface area (Å²) in [6.07, 6.45) is 2.38. The molecular formula is C9H7BrClFN2O3S. The lowest BCUT2D eigenvalue weighted by Gasteiger charge is -2.17. The molecule has 1 atom stereocenters. The van der Waals surface area contributed by atoms with Crippen molar-refractivity contribution < 1.29 is 17.1 Å². The van der Waals surface area contributed by atoms with Gasteiger partial charge < -0.3 is 4.90 Å². The first-order valence-electron chi connectivity index (χ1n) is 4.83. The molecule has 0 saturated carbocycles. The van der Waals surface area contributed by atoms with Crippen LogP contribution in [0.25, 0.3) is 0 Å². The summed E-state index contributed by atoms with van der Waals surface area (Å²) >= 11 is 9.12. The van der Waals surface area contributed by atoms with Crippen LogP contribution in [-0.2, 0) is 15.0 Å². The molecule has 1 aliphatic rings. The van der Waals surface area contributed by atoms with Crippen molar-refractivity contribution in [1.29, 1.82) is 0 Å². The van der Waals surface area contributed by atoms with Crippen LogP contribution >= 0.6 is 27.5 Å². The highest BCUT2D eigenvalue weighted by atomic mass is 79.9. The van der Waals surface area contributed by atoms with E-state index in [2.05, 4.69) is 20.9 Å². The fraction of sp³-hybridized carbons (Fsp3) is 0.333. The lowest BCUT2D eigenvalue weighted by Crippen LogP contribution is -2.27. The molecule has 1 aromatic rings. The van der Waals surface area contributed by atoms with Gasteiger partial charge in [0.1, 0.15) is 5.25 Å². The molecule has 0 aliphatic carbocycles. The van der Waals surface area contributed by atoms with E-state index in [0.717, 1.165) is 4.90 Å². The number of nitrogens with zero attached hydrogens (tertiary/aromatic N) is 2. The molecule has 5 nitrogen and oxygen atoms in total. The minimum atomic E-state index is -4.74. The van der Waals surface area contributed by atoms with Gasteiger partial charge in [0.15, 0.2) is 0 Å². The number of hydrogen-bond donors (Lipinski definition) is 0. The van der Waals surface area contributed by atoms with Crippen LogP contribution in [0.1, 0.15) is 6.42 Å². The lowest BCUT2D eigenvalue weighted by molar-refractivity contribution is -0.117. The summed E-state index contributed by atoms with van der Waals surface area (Å²) in [5.41, 5.74) is 0.266.